The summed E-state index contributed by atoms with van der Waals surface area (Å²) in [6.07, 6.45) is 6.22. The number of rotatable bonds is 5. The number of carbonyl (C=O) groups excluding carboxylic acids is 2. The van der Waals surface area contributed by atoms with Crippen LogP contribution in [0.4, 0.5) is 5.69 Å². The van der Waals surface area contributed by atoms with Gasteiger partial charge in [0.05, 0.1) is 6.61 Å². The summed E-state index contributed by atoms with van der Waals surface area (Å²) in [4.78, 5) is 27.2. The van der Waals surface area contributed by atoms with Crippen LogP contribution < -0.4 is 5.32 Å². The molecule has 2 rings (SSSR count). The van der Waals surface area contributed by atoms with E-state index >= 15 is 0 Å². The molecule has 1 heterocycles. The molecule has 0 aliphatic rings. The molecule has 5 heteroatoms. The molecule has 2 aromatic rings. The number of nitrogens with one attached hydrogen (secondary N) is 1. The predicted molar refractivity (Wildman–Crippen MR) is 84.3 cm³/mol. The van der Waals surface area contributed by atoms with E-state index in [4.69, 9.17) is 4.74 Å². The molecule has 1 aromatic carbocycles. The number of amides is 1. The van der Waals surface area contributed by atoms with Crippen molar-refractivity contribution in [2.45, 2.75) is 6.92 Å². The Bertz CT molecular complexity index is 664. The van der Waals surface area contributed by atoms with Crippen LogP contribution in [-0.4, -0.2) is 23.5 Å². The first-order chi connectivity index (χ1) is 10.7. The van der Waals surface area contributed by atoms with Gasteiger partial charge in [0, 0.05) is 29.7 Å². The number of hydrogen-bond acceptors (Lipinski definition) is 4. The van der Waals surface area contributed by atoms with Gasteiger partial charge in [-0.05, 0) is 42.8 Å². The highest BCUT2D eigenvalue weighted by atomic mass is 16.5. The Balaban J connectivity index is 1.99. The van der Waals surface area contributed by atoms with Gasteiger partial charge in [-0.1, -0.05) is 12.1 Å². The summed E-state index contributed by atoms with van der Waals surface area (Å²) in [7, 11) is 0. The van der Waals surface area contributed by atoms with Gasteiger partial charge in [-0.3, -0.25) is 9.78 Å². The van der Waals surface area contributed by atoms with Crippen LogP contribution in [0.3, 0.4) is 0 Å². The van der Waals surface area contributed by atoms with Crippen molar-refractivity contribution in [3.8, 4) is 0 Å². The molecule has 0 spiro atoms. The van der Waals surface area contributed by atoms with Crippen LogP contribution in [0.15, 0.2) is 54.9 Å². The topological polar surface area (TPSA) is 68.3 Å². The van der Waals surface area contributed by atoms with Gasteiger partial charge in [-0.2, -0.15) is 0 Å². The predicted octanol–water partition coefficient (Wildman–Crippen LogP) is 2.91. The first-order valence-corrected chi connectivity index (χ1v) is 6.85. The third kappa shape index (κ3) is 4.56. The molecule has 0 aliphatic carbocycles. The number of carbonyl (C=O) groups is 2. The van der Waals surface area contributed by atoms with Crippen molar-refractivity contribution in [1.82, 2.24) is 4.98 Å². The van der Waals surface area contributed by atoms with E-state index in [-0.39, 0.29) is 11.9 Å². The quantitative estimate of drug-likeness (QED) is 0.680. The number of ether oxygens (including phenoxy) is 1. The lowest BCUT2D eigenvalue weighted by atomic mass is 10.1. The van der Waals surface area contributed by atoms with E-state index in [9.17, 15) is 9.59 Å². The van der Waals surface area contributed by atoms with E-state index in [1.165, 1.54) is 6.08 Å². The minimum Gasteiger partial charge on any atom is -0.463 e. The second-order valence-electron chi connectivity index (χ2n) is 4.40. The molecule has 0 atom stereocenters. The van der Waals surface area contributed by atoms with E-state index in [1.807, 2.05) is 0 Å². The summed E-state index contributed by atoms with van der Waals surface area (Å²) < 4.78 is 4.80. The van der Waals surface area contributed by atoms with Crippen molar-refractivity contribution >= 4 is 23.6 Å². The maximum atomic E-state index is 12.1. The van der Waals surface area contributed by atoms with Crippen molar-refractivity contribution in [1.29, 1.82) is 0 Å². The Morgan fingerprint density at radius 1 is 1.14 bits per heavy atom. The number of benzene rings is 1. The SMILES string of the molecule is CCOC(=O)C=Cc1ccc(C(=O)Nc2ccncc2)cc1. The van der Waals surface area contributed by atoms with Crippen LogP contribution >= 0.6 is 0 Å². The van der Waals surface area contributed by atoms with E-state index in [2.05, 4.69) is 10.3 Å². The van der Waals surface area contributed by atoms with E-state index in [1.54, 1.807) is 61.8 Å². The lowest BCUT2D eigenvalue weighted by molar-refractivity contribution is -0.137. The second-order valence-corrected chi connectivity index (χ2v) is 4.40. The van der Waals surface area contributed by atoms with Crippen LogP contribution in [0.25, 0.3) is 6.08 Å². The molecular weight excluding hydrogens is 280 g/mol. The van der Waals surface area contributed by atoms with E-state index in [0.717, 1.165) is 5.56 Å². The summed E-state index contributed by atoms with van der Waals surface area (Å²) in [5.41, 5.74) is 2.03. The normalized spacial score (nSPS) is 10.4. The molecule has 1 aromatic heterocycles. The highest BCUT2D eigenvalue weighted by Crippen LogP contribution is 2.10. The number of pyridine rings is 1. The number of aromatic nitrogens is 1. The van der Waals surface area contributed by atoms with Gasteiger partial charge in [0.15, 0.2) is 0 Å². The average Bonchev–Trinajstić information content (AvgIpc) is 2.54. The van der Waals surface area contributed by atoms with Gasteiger partial charge < -0.3 is 10.1 Å². The maximum Gasteiger partial charge on any atom is 0.330 e. The standard InChI is InChI=1S/C17H16N2O3/c1-2-22-16(20)8-5-13-3-6-14(7-4-13)17(21)19-15-9-11-18-12-10-15/h3-12H,2H2,1H3,(H,18,19,21). The van der Waals surface area contributed by atoms with Gasteiger partial charge in [0.25, 0.3) is 5.91 Å². The average molecular weight is 296 g/mol. The molecule has 1 amide bonds. The Morgan fingerprint density at radius 2 is 1.82 bits per heavy atom. The van der Waals surface area contributed by atoms with Gasteiger partial charge in [-0.25, -0.2) is 4.79 Å². The molecule has 5 nitrogen and oxygen atoms in total. The number of hydrogen-bond donors (Lipinski definition) is 1. The first kappa shape index (κ1) is 15.4. The zero-order chi connectivity index (χ0) is 15.8. The molecule has 0 bridgehead atoms. The van der Waals surface area contributed by atoms with Crippen molar-refractivity contribution in [3.05, 3.63) is 66.0 Å². The fraction of sp³-hybridized carbons (Fsp3) is 0.118. The molecule has 0 saturated heterocycles. The molecule has 0 unspecified atom stereocenters. The van der Waals surface area contributed by atoms with Gasteiger partial charge >= 0.3 is 5.97 Å². The van der Waals surface area contributed by atoms with Crippen molar-refractivity contribution in [3.63, 3.8) is 0 Å². The van der Waals surface area contributed by atoms with Crippen LogP contribution in [0.2, 0.25) is 0 Å². The largest absolute Gasteiger partial charge is 0.463 e. The van der Waals surface area contributed by atoms with Gasteiger partial charge in [-0.15, -0.1) is 0 Å². The van der Waals surface area contributed by atoms with E-state index in [0.29, 0.717) is 17.9 Å². The summed E-state index contributed by atoms with van der Waals surface area (Å²) in [6.45, 7) is 2.10. The maximum absolute atomic E-state index is 12.1. The van der Waals surface area contributed by atoms with Gasteiger partial charge in [0.2, 0.25) is 0 Å². The van der Waals surface area contributed by atoms with Crippen molar-refractivity contribution in [2.24, 2.45) is 0 Å². The molecule has 0 saturated carbocycles. The molecular formula is C17H16N2O3. The van der Waals surface area contributed by atoms with Gasteiger partial charge in [0.1, 0.15) is 0 Å². The molecule has 22 heavy (non-hydrogen) atoms. The fourth-order valence-corrected chi connectivity index (χ4v) is 1.74. The molecule has 0 radical (unpaired) electrons. The summed E-state index contributed by atoms with van der Waals surface area (Å²) in [5, 5.41) is 2.77. The lowest BCUT2D eigenvalue weighted by Gasteiger charge is -2.05. The monoisotopic (exact) mass is 296 g/mol. The summed E-state index contributed by atoms with van der Waals surface area (Å²) >= 11 is 0. The third-order valence-electron chi connectivity index (χ3n) is 2.81. The Kier molecular flexibility index (Phi) is 5.43. The third-order valence-corrected chi connectivity index (χ3v) is 2.81. The van der Waals surface area contributed by atoms with Crippen molar-refractivity contribution < 1.29 is 14.3 Å². The van der Waals surface area contributed by atoms with Crippen LogP contribution in [0.1, 0.15) is 22.8 Å². The highest BCUT2D eigenvalue weighted by Gasteiger charge is 2.05. The van der Waals surface area contributed by atoms with Crippen molar-refractivity contribution in [2.75, 3.05) is 11.9 Å². The van der Waals surface area contributed by atoms with Crippen LogP contribution in [0.5, 0.6) is 0 Å². The fourth-order valence-electron chi connectivity index (χ4n) is 1.74. The lowest BCUT2D eigenvalue weighted by Crippen LogP contribution is -2.11. The second kappa shape index (κ2) is 7.73. The van der Waals surface area contributed by atoms with Crippen LogP contribution in [0, 0.1) is 0 Å². The molecule has 0 aliphatic heterocycles. The summed E-state index contributed by atoms with van der Waals surface area (Å²) in [6, 6.07) is 10.3. The molecule has 1 N–H and O–H groups in total. The Labute approximate surface area is 128 Å². The number of esters is 1. The summed E-state index contributed by atoms with van der Waals surface area (Å²) in [5.74, 6) is -0.589. The minimum atomic E-state index is -0.387. The smallest absolute Gasteiger partial charge is 0.330 e. The highest BCUT2D eigenvalue weighted by molar-refractivity contribution is 6.04. The minimum absolute atomic E-state index is 0.202. The Hall–Kier alpha value is -2.95. The zero-order valence-corrected chi connectivity index (χ0v) is 12.2. The van der Waals surface area contributed by atoms with E-state index < -0.39 is 0 Å². The zero-order valence-electron chi connectivity index (χ0n) is 12.2. The number of nitrogens with zero attached hydrogens (tertiary/aromatic N) is 1. The molecule has 0 fully saturated rings. The first-order valence-electron chi connectivity index (χ1n) is 6.85. The Morgan fingerprint density at radius 3 is 2.45 bits per heavy atom. The van der Waals surface area contributed by atoms with Crippen LogP contribution in [-0.2, 0) is 9.53 Å². The molecule has 112 valence electrons. The number of anilines is 1.